The van der Waals surface area contributed by atoms with E-state index in [4.69, 9.17) is 0 Å². The Bertz CT molecular complexity index is 796. The van der Waals surface area contributed by atoms with Crippen LogP contribution in [0.2, 0.25) is 0 Å². The topological polar surface area (TPSA) is 78.8 Å². The van der Waals surface area contributed by atoms with Crippen molar-refractivity contribution in [3.8, 4) is 5.88 Å². The average Bonchev–Trinajstić information content (AvgIpc) is 2.69. The number of aromatic nitrogens is 1. The predicted octanol–water partition coefficient (Wildman–Crippen LogP) is 2.99. The van der Waals surface area contributed by atoms with Crippen molar-refractivity contribution in [2.24, 2.45) is 4.99 Å². The summed E-state index contributed by atoms with van der Waals surface area (Å²) < 4.78 is 41.5. The predicted molar refractivity (Wildman–Crippen MR) is 105 cm³/mol. The number of aliphatic hydroxyl groups is 1. The van der Waals surface area contributed by atoms with E-state index in [1.807, 2.05) is 37.3 Å². The van der Waals surface area contributed by atoms with Gasteiger partial charge in [-0.05, 0) is 31.0 Å². The van der Waals surface area contributed by atoms with Gasteiger partial charge in [0.25, 0.3) is 0 Å². The van der Waals surface area contributed by atoms with Crippen LogP contribution in [0.5, 0.6) is 5.88 Å². The van der Waals surface area contributed by atoms with Crippen LogP contribution in [0, 0.1) is 0 Å². The molecule has 1 aromatic heterocycles. The van der Waals surface area contributed by atoms with Crippen molar-refractivity contribution >= 4 is 5.96 Å². The summed E-state index contributed by atoms with van der Waals surface area (Å²) in [5.41, 5.74) is 0.306. The molecule has 2 aromatic rings. The molecule has 3 N–H and O–H groups in total. The number of nitrogens with zero attached hydrogens (tertiary/aromatic N) is 2. The summed E-state index contributed by atoms with van der Waals surface area (Å²) in [5.74, 6) is 0.360. The lowest BCUT2D eigenvalue weighted by molar-refractivity contribution is -0.154. The first kappa shape index (κ1) is 22.5. The van der Waals surface area contributed by atoms with Gasteiger partial charge < -0.3 is 20.5 Å². The van der Waals surface area contributed by atoms with Gasteiger partial charge in [-0.3, -0.25) is 0 Å². The summed E-state index contributed by atoms with van der Waals surface area (Å²) in [5, 5.41) is 16.8. The molecule has 9 heteroatoms. The minimum Gasteiger partial charge on any atom is -0.468 e. The SMILES string of the molecule is CCNC(=NCc1ccnc(OCC(F)(F)F)c1)NCC(C)(O)c1ccccc1. The number of alkyl halides is 3. The van der Waals surface area contributed by atoms with Gasteiger partial charge in [0, 0.05) is 18.8 Å². The Morgan fingerprint density at radius 1 is 1.17 bits per heavy atom. The van der Waals surface area contributed by atoms with E-state index >= 15 is 0 Å². The van der Waals surface area contributed by atoms with Crippen molar-refractivity contribution in [3.63, 3.8) is 0 Å². The smallest absolute Gasteiger partial charge is 0.422 e. The zero-order valence-electron chi connectivity index (χ0n) is 16.3. The van der Waals surface area contributed by atoms with Crippen LogP contribution in [0.25, 0.3) is 0 Å². The third kappa shape index (κ3) is 7.98. The summed E-state index contributed by atoms with van der Waals surface area (Å²) in [6, 6.07) is 12.3. The van der Waals surface area contributed by atoms with Crippen LogP contribution >= 0.6 is 0 Å². The summed E-state index contributed by atoms with van der Waals surface area (Å²) >= 11 is 0. The maximum atomic E-state index is 12.3. The molecule has 0 aliphatic carbocycles. The molecule has 1 heterocycles. The largest absolute Gasteiger partial charge is 0.468 e. The Labute approximate surface area is 167 Å². The molecule has 1 aromatic carbocycles. The van der Waals surface area contributed by atoms with E-state index in [0.29, 0.717) is 18.1 Å². The van der Waals surface area contributed by atoms with E-state index in [-0.39, 0.29) is 19.0 Å². The Morgan fingerprint density at radius 3 is 2.55 bits per heavy atom. The van der Waals surface area contributed by atoms with Crippen LogP contribution in [0.4, 0.5) is 13.2 Å². The minimum absolute atomic E-state index is 0.111. The molecule has 1 atom stereocenters. The molecule has 0 spiro atoms. The highest BCUT2D eigenvalue weighted by molar-refractivity contribution is 5.79. The van der Waals surface area contributed by atoms with Gasteiger partial charge in [0.05, 0.1) is 13.1 Å². The second kappa shape index (κ2) is 10.1. The number of ether oxygens (including phenoxy) is 1. The third-order valence-corrected chi connectivity index (χ3v) is 3.94. The highest BCUT2D eigenvalue weighted by atomic mass is 19.4. The molecular formula is C20H25F3N4O2. The summed E-state index contributed by atoms with van der Waals surface area (Å²) in [4.78, 5) is 8.18. The second-order valence-electron chi connectivity index (χ2n) is 6.59. The molecule has 0 radical (unpaired) electrons. The van der Waals surface area contributed by atoms with Gasteiger partial charge in [0.1, 0.15) is 5.60 Å². The minimum atomic E-state index is -4.42. The van der Waals surface area contributed by atoms with Crippen LogP contribution in [-0.2, 0) is 12.1 Å². The normalized spacial score (nSPS) is 14.2. The maximum Gasteiger partial charge on any atom is 0.422 e. The number of hydrogen-bond acceptors (Lipinski definition) is 4. The lowest BCUT2D eigenvalue weighted by Crippen LogP contribution is -2.44. The van der Waals surface area contributed by atoms with Crippen LogP contribution in [0.15, 0.2) is 53.7 Å². The van der Waals surface area contributed by atoms with E-state index in [2.05, 4.69) is 25.3 Å². The Morgan fingerprint density at radius 2 is 1.90 bits per heavy atom. The van der Waals surface area contributed by atoms with Crippen molar-refractivity contribution < 1.29 is 23.0 Å². The lowest BCUT2D eigenvalue weighted by Gasteiger charge is -2.25. The Kier molecular flexibility index (Phi) is 7.83. The number of rotatable bonds is 8. The molecule has 1 unspecified atom stereocenters. The zero-order valence-corrected chi connectivity index (χ0v) is 16.3. The van der Waals surface area contributed by atoms with Gasteiger partial charge in [-0.1, -0.05) is 30.3 Å². The number of benzene rings is 1. The summed E-state index contributed by atoms with van der Waals surface area (Å²) in [7, 11) is 0. The van der Waals surface area contributed by atoms with Crippen molar-refractivity contribution in [2.45, 2.75) is 32.2 Å². The molecule has 0 fully saturated rings. The van der Waals surface area contributed by atoms with Gasteiger partial charge in [0.15, 0.2) is 12.6 Å². The zero-order chi connectivity index (χ0) is 21.3. The van der Waals surface area contributed by atoms with E-state index in [1.54, 1.807) is 13.0 Å². The molecule has 0 saturated heterocycles. The van der Waals surface area contributed by atoms with E-state index in [1.165, 1.54) is 12.3 Å². The van der Waals surface area contributed by atoms with E-state index < -0.39 is 18.4 Å². The number of hydrogen-bond donors (Lipinski definition) is 3. The van der Waals surface area contributed by atoms with E-state index in [0.717, 1.165) is 5.56 Å². The Hall–Kier alpha value is -2.81. The van der Waals surface area contributed by atoms with E-state index in [9.17, 15) is 18.3 Å². The molecule has 29 heavy (non-hydrogen) atoms. The molecule has 0 amide bonds. The van der Waals surface area contributed by atoms with Crippen LogP contribution in [0.3, 0.4) is 0 Å². The van der Waals surface area contributed by atoms with Crippen molar-refractivity contribution in [1.82, 2.24) is 15.6 Å². The summed E-state index contributed by atoms with van der Waals surface area (Å²) in [6.45, 7) is 3.24. The van der Waals surface area contributed by atoms with Gasteiger partial charge in [-0.15, -0.1) is 0 Å². The van der Waals surface area contributed by atoms with Crippen LogP contribution in [0.1, 0.15) is 25.0 Å². The molecule has 0 saturated carbocycles. The van der Waals surface area contributed by atoms with Crippen molar-refractivity contribution in [2.75, 3.05) is 19.7 Å². The third-order valence-electron chi connectivity index (χ3n) is 3.94. The molecule has 0 aliphatic rings. The van der Waals surface area contributed by atoms with Crippen LogP contribution < -0.4 is 15.4 Å². The molecule has 0 aliphatic heterocycles. The molecule has 0 bridgehead atoms. The number of aliphatic imine (C=N–C) groups is 1. The van der Waals surface area contributed by atoms with Crippen molar-refractivity contribution in [1.29, 1.82) is 0 Å². The number of halogens is 3. The number of nitrogens with one attached hydrogen (secondary N) is 2. The fourth-order valence-corrected chi connectivity index (χ4v) is 2.45. The van der Waals surface area contributed by atoms with Gasteiger partial charge >= 0.3 is 6.18 Å². The molecule has 2 rings (SSSR count). The molecule has 158 valence electrons. The highest BCUT2D eigenvalue weighted by Gasteiger charge is 2.28. The van der Waals surface area contributed by atoms with Gasteiger partial charge in [0.2, 0.25) is 5.88 Å². The van der Waals surface area contributed by atoms with Crippen molar-refractivity contribution in [3.05, 3.63) is 59.8 Å². The number of guanidine groups is 1. The summed E-state index contributed by atoms with van der Waals surface area (Å²) in [6.07, 6.45) is -3.05. The fourth-order valence-electron chi connectivity index (χ4n) is 2.45. The molecule has 6 nitrogen and oxygen atoms in total. The lowest BCUT2D eigenvalue weighted by atomic mass is 9.96. The standard InChI is InChI=1S/C20H25F3N4O2/c1-3-24-18(27-13-19(2,28)16-7-5-4-6-8-16)26-12-15-9-10-25-17(11-15)29-14-20(21,22)23/h4-11,28H,3,12-14H2,1-2H3,(H2,24,26,27). The first-order valence-electron chi connectivity index (χ1n) is 9.14. The first-order valence-corrected chi connectivity index (χ1v) is 9.14. The first-order chi connectivity index (χ1) is 13.7. The van der Waals surface area contributed by atoms with Gasteiger partial charge in [-0.25, -0.2) is 9.98 Å². The maximum absolute atomic E-state index is 12.3. The average molecular weight is 410 g/mol. The fraction of sp³-hybridized carbons (Fsp3) is 0.400. The quantitative estimate of drug-likeness (QED) is 0.461. The van der Waals surface area contributed by atoms with Crippen LogP contribution in [-0.4, -0.2) is 41.9 Å². The Balaban J connectivity index is 2.00. The second-order valence-corrected chi connectivity index (χ2v) is 6.59. The molecular weight excluding hydrogens is 385 g/mol. The van der Waals surface area contributed by atoms with Gasteiger partial charge in [-0.2, -0.15) is 13.2 Å². The number of pyridine rings is 1. The monoisotopic (exact) mass is 410 g/mol. The highest BCUT2D eigenvalue weighted by Crippen LogP contribution is 2.19.